The molecule has 0 bridgehead atoms. The lowest BCUT2D eigenvalue weighted by Gasteiger charge is -2.33. The van der Waals surface area contributed by atoms with Crippen LogP contribution in [0, 0.1) is 0 Å². The van der Waals surface area contributed by atoms with E-state index in [-0.39, 0.29) is 0 Å². The minimum atomic E-state index is 0.636. The van der Waals surface area contributed by atoms with E-state index in [1.54, 1.807) is 0 Å². The molecule has 0 N–H and O–H groups in total. The SMILES string of the molecule is CCCCCCCCCCCCCCCCCCN1C=CN(CCCCCCCCCCCCCC)C1CCCCCCCCCCCCCCCC. The van der Waals surface area contributed by atoms with Gasteiger partial charge in [-0.05, 0) is 25.7 Å². The first-order valence-corrected chi connectivity index (χ1v) is 25.5. The Morgan fingerprint density at radius 2 is 0.434 bits per heavy atom. The van der Waals surface area contributed by atoms with E-state index >= 15 is 0 Å². The minimum Gasteiger partial charge on any atom is -0.356 e. The summed E-state index contributed by atoms with van der Waals surface area (Å²) < 4.78 is 0. The maximum Gasteiger partial charge on any atom is 0.101 e. The molecule has 0 spiro atoms. The van der Waals surface area contributed by atoms with Crippen molar-refractivity contribution in [3.05, 3.63) is 12.4 Å². The van der Waals surface area contributed by atoms with E-state index in [9.17, 15) is 0 Å². The third-order valence-corrected chi connectivity index (χ3v) is 12.6. The molecule has 0 amide bonds. The van der Waals surface area contributed by atoms with Crippen molar-refractivity contribution >= 4 is 0 Å². The van der Waals surface area contributed by atoms with Gasteiger partial charge in [-0.15, -0.1) is 0 Å². The van der Waals surface area contributed by atoms with Gasteiger partial charge in [0.05, 0.1) is 0 Å². The lowest BCUT2D eigenvalue weighted by Crippen LogP contribution is -2.39. The Labute approximate surface area is 337 Å². The van der Waals surface area contributed by atoms with E-state index in [1.165, 1.54) is 289 Å². The van der Waals surface area contributed by atoms with Gasteiger partial charge in [-0.25, -0.2) is 0 Å². The van der Waals surface area contributed by atoms with Crippen LogP contribution in [0.2, 0.25) is 0 Å². The molecule has 0 radical (unpaired) electrons. The summed E-state index contributed by atoms with van der Waals surface area (Å²) >= 11 is 0. The molecule has 0 aromatic heterocycles. The summed E-state index contributed by atoms with van der Waals surface area (Å²) in [7, 11) is 0. The van der Waals surface area contributed by atoms with Gasteiger partial charge in [0.1, 0.15) is 6.17 Å². The molecule has 0 aromatic carbocycles. The van der Waals surface area contributed by atoms with E-state index < -0.39 is 0 Å². The van der Waals surface area contributed by atoms with Gasteiger partial charge >= 0.3 is 0 Å². The molecule has 2 heteroatoms. The highest BCUT2D eigenvalue weighted by Gasteiger charge is 2.25. The summed E-state index contributed by atoms with van der Waals surface area (Å²) in [4.78, 5) is 5.48. The molecule has 0 aliphatic carbocycles. The van der Waals surface area contributed by atoms with Crippen molar-refractivity contribution < 1.29 is 0 Å². The smallest absolute Gasteiger partial charge is 0.101 e. The van der Waals surface area contributed by atoms with Crippen LogP contribution >= 0.6 is 0 Å². The van der Waals surface area contributed by atoms with Gasteiger partial charge in [0.15, 0.2) is 0 Å². The Morgan fingerprint density at radius 3 is 0.660 bits per heavy atom. The Bertz CT molecular complexity index is 702. The quantitative estimate of drug-likeness (QED) is 0.0573. The average molecular weight is 743 g/mol. The van der Waals surface area contributed by atoms with Crippen LogP contribution < -0.4 is 0 Å². The Balaban J connectivity index is 2.19. The largest absolute Gasteiger partial charge is 0.356 e. The molecular weight excluding hydrogens is 641 g/mol. The van der Waals surface area contributed by atoms with Crippen molar-refractivity contribution in [2.75, 3.05) is 13.1 Å². The molecule has 1 aliphatic rings. The predicted molar refractivity (Wildman–Crippen MR) is 242 cm³/mol. The van der Waals surface area contributed by atoms with E-state index in [4.69, 9.17) is 0 Å². The maximum atomic E-state index is 2.74. The predicted octanol–water partition coefficient (Wildman–Crippen LogP) is 18.2. The van der Waals surface area contributed by atoms with Crippen LogP contribution in [0.5, 0.6) is 0 Å². The van der Waals surface area contributed by atoms with Crippen molar-refractivity contribution in [3.63, 3.8) is 0 Å². The number of unbranched alkanes of at least 4 members (excludes halogenated alkanes) is 39. The molecule has 1 rings (SSSR count). The number of hydrogen-bond donors (Lipinski definition) is 0. The Kier molecular flexibility index (Phi) is 40.4. The summed E-state index contributed by atoms with van der Waals surface area (Å²) in [5, 5.41) is 0. The Morgan fingerprint density at radius 1 is 0.245 bits per heavy atom. The molecule has 1 heterocycles. The van der Waals surface area contributed by atoms with E-state index in [1.807, 2.05) is 0 Å². The van der Waals surface area contributed by atoms with Gasteiger partial charge < -0.3 is 9.80 Å². The summed E-state index contributed by atoms with van der Waals surface area (Å²) in [6.45, 7) is 9.50. The molecule has 1 atom stereocenters. The van der Waals surface area contributed by atoms with Gasteiger partial charge in [0.25, 0.3) is 0 Å². The average Bonchev–Trinajstić information content (AvgIpc) is 3.55. The Hall–Kier alpha value is -0.660. The molecule has 0 saturated heterocycles. The molecule has 316 valence electrons. The summed E-state index contributed by atoms with van der Waals surface area (Å²) in [6.07, 6.45) is 67.9. The van der Waals surface area contributed by atoms with Gasteiger partial charge in [-0.2, -0.15) is 0 Å². The fraction of sp³-hybridized carbons (Fsp3) is 0.961. The van der Waals surface area contributed by atoms with Crippen LogP contribution in [0.1, 0.15) is 297 Å². The summed E-state index contributed by atoms with van der Waals surface area (Å²) in [6, 6.07) is 0. The molecular formula is C51H102N2. The first-order valence-electron chi connectivity index (χ1n) is 25.5. The summed E-state index contributed by atoms with van der Waals surface area (Å²) in [5.41, 5.74) is 0. The highest BCUT2D eigenvalue weighted by atomic mass is 15.4. The second-order valence-corrected chi connectivity index (χ2v) is 17.8. The third-order valence-electron chi connectivity index (χ3n) is 12.6. The van der Waals surface area contributed by atoms with E-state index in [0.717, 1.165) is 0 Å². The highest BCUT2D eigenvalue weighted by molar-refractivity contribution is 4.97. The normalized spacial score (nSPS) is 14.4. The van der Waals surface area contributed by atoms with E-state index in [2.05, 4.69) is 43.0 Å². The van der Waals surface area contributed by atoms with Crippen molar-refractivity contribution in [3.8, 4) is 0 Å². The third kappa shape index (κ3) is 34.3. The molecule has 1 aliphatic heterocycles. The van der Waals surface area contributed by atoms with Crippen LogP contribution in [0.25, 0.3) is 0 Å². The van der Waals surface area contributed by atoms with E-state index in [0.29, 0.717) is 6.17 Å². The second-order valence-electron chi connectivity index (χ2n) is 17.8. The molecule has 0 saturated carbocycles. The van der Waals surface area contributed by atoms with Crippen molar-refractivity contribution in [2.24, 2.45) is 0 Å². The van der Waals surface area contributed by atoms with Crippen LogP contribution in [0.3, 0.4) is 0 Å². The van der Waals surface area contributed by atoms with Gasteiger partial charge in [-0.3, -0.25) is 0 Å². The topological polar surface area (TPSA) is 6.48 Å². The molecule has 1 unspecified atom stereocenters. The summed E-state index contributed by atoms with van der Waals surface area (Å²) in [5.74, 6) is 0. The minimum absolute atomic E-state index is 0.636. The zero-order valence-corrected chi connectivity index (χ0v) is 37.4. The zero-order valence-electron chi connectivity index (χ0n) is 37.4. The first kappa shape index (κ1) is 50.4. The van der Waals surface area contributed by atoms with Crippen LogP contribution in [0.15, 0.2) is 12.4 Å². The second kappa shape index (κ2) is 42.5. The first-order chi connectivity index (χ1) is 26.3. The maximum absolute atomic E-state index is 2.74. The standard InChI is InChI=1S/C51H102N2/c1-4-7-10-13-16-19-22-25-27-28-30-33-36-39-42-45-48-53-50-49-52(47-44-41-38-35-32-24-21-18-15-12-9-6-3)51(53)46-43-40-37-34-31-29-26-23-20-17-14-11-8-5-2/h49-51H,4-48H2,1-3H3. The monoisotopic (exact) mass is 743 g/mol. The highest BCUT2D eigenvalue weighted by Crippen LogP contribution is 2.24. The molecule has 0 fully saturated rings. The molecule has 53 heavy (non-hydrogen) atoms. The lowest BCUT2D eigenvalue weighted by molar-refractivity contribution is 0.135. The van der Waals surface area contributed by atoms with Crippen LogP contribution in [0.4, 0.5) is 0 Å². The van der Waals surface area contributed by atoms with Crippen molar-refractivity contribution in [1.29, 1.82) is 0 Å². The lowest BCUT2D eigenvalue weighted by atomic mass is 10.0. The molecule has 0 aromatic rings. The number of nitrogens with zero attached hydrogens (tertiary/aromatic N) is 2. The van der Waals surface area contributed by atoms with Gasteiger partial charge in [-0.1, -0.05) is 271 Å². The van der Waals surface area contributed by atoms with Crippen LogP contribution in [-0.2, 0) is 0 Å². The van der Waals surface area contributed by atoms with Crippen molar-refractivity contribution in [2.45, 2.75) is 303 Å². The number of rotatable bonds is 45. The zero-order chi connectivity index (χ0) is 38.0. The van der Waals surface area contributed by atoms with Gasteiger partial charge in [0, 0.05) is 25.5 Å². The fourth-order valence-electron chi connectivity index (χ4n) is 8.84. The van der Waals surface area contributed by atoms with Crippen LogP contribution in [-0.4, -0.2) is 29.1 Å². The molecule has 2 nitrogen and oxygen atoms in total. The van der Waals surface area contributed by atoms with Crippen molar-refractivity contribution in [1.82, 2.24) is 9.80 Å². The number of hydrogen-bond acceptors (Lipinski definition) is 2. The fourth-order valence-corrected chi connectivity index (χ4v) is 8.84. The van der Waals surface area contributed by atoms with Gasteiger partial charge in [0.2, 0.25) is 0 Å².